The van der Waals surface area contributed by atoms with E-state index in [4.69, 9.17) is 4.74 Å². The molecule has 26 heavy (non-hydrogen) atoms. The molecule has 0 bridgehead atoms. The van der Waals surface area contributed by atoms with E-state index in [1.165, 1.54) is 9.80 Å². The van der Waals surface area contributed by atoms with Crippen LogP contribution in [0.3, 0.4) is 0 Å². The lowest BCUT2D eigenvalue weighted by molar-refractivity contribution is -0.138. The molecule has 2 rings (SSSR count). The van der Waals surface area contributed by atoms with Crippen molar-refractivity contribution in [2.24, 2.45) is 0 Å². The molecule has 1 aliphatic heterocycles. The Hall–Kier alpha value is -2.32. The van der Waals surface area contributed by atoms with E-state index in [0.717, 1.165) is 12.1 Å². The van der Waals surface area contributed by atoms with Gasteiger partial charge in [0.25, 0.3) is 5.91 Å². The van der Waals surface area contributed by atoms with Crippen LogP contribution in [-0.2, 0) is 10.9 Å². The Kier molecular flexibility index (Phi) is 5.48. The number of nitrogens with zero attached hydrogens (tertiary/aromatic N) is 2. The molecule has 9 heteroatoms. The van der Waals surface area contributed by atoms with Gasteiger partial charge in [-0.15, -0.1) is 0 Å². The van der Waals surface area contributed by atoms with Crippen molar-refractivity contribution in [1.82, 2.24) is 9.80 Å². The van der Waals surface area contributed by atoms with Crippen LogP contribution in [-0.4, -0.2) is 53.6 Å². The van der Waals surface area contributed by atoms with E-state index in [1.54, 1.807) is 20.8 Å². The Morgan fingerprint density at radius 3 is 2.04 bits per heavy atom. The lowest BCUT2D eigenvalue weighted by Gasteiger charge is -2.35. The van der Waals surface area contributed by atoms with Gasteiger partial charge in [0.05, 0.1) is 11.1 Å². The van der Waals surface area contributed by atoms with E-state index >= 15 is 0 Å². The molecule has 0 aliphatic carbocycles. The minimum Gasteiger partial charge on any atom is -0.444 e. The topological polar surface area (TPSA) is 49.9 Å². The predicted molar refractivity (Wildman–Crippen MR) is 85.1 cm³/mol. The van der Waals surface area contributed by atoms with Gasteiger partial charge in [0, 0.05) is 26.2 Å². The van der Waals surface area contributed by atoms with Crippen LogP contribution >= 0.6 is 0 Å². The number of ether oxygens (including phenoxy) is 1. The molecule has 0 spiro atoms. The van der Waals surface area contributed by atoms with E-state index in [2.05, 4.69) is 0 Å². The molecular weight excluding hydrogens is 356 g/mol. The summed E-state index contributed by atoms with van der Waals surface area (Å²) < 4.78 is 57.6. The summed E-state index contributed by atoms with van der Waals surface area (Å²) in [6.07, 6.45) is -5.38. The largest absolute Gasteiger partial charge is 0.444 e. The van der Waals surface area contributed by atoms with E-state index in [9.17, 15) is 27.2 Å². The molecule has 0 unspecified atom stereocenters. The Bertz CT molecular complexity index is 690. The van der Waals surface area contributed by atoms with E-state index in [0.29, 0.717) is 6.07 Å². The van der Waals surface area contributed by atoms with Crippen LogP contribution in [0.4, 0.5) is 22.4 Å². The number of carbonyl (C=O) groups excluding carboxylic acids is 2. The zero-order chi connectivity index (χ0) is 19.7. The van der Waals surface area contributed by atoms with Gasteiger partial charge in [0.2, 0.25) is 0 Å². The molecule has 1 saturated heterocycles. The summed E-state index contributed by atoms with van der Waals surface area (Å²) in [5, 5.41) is 0. The first-order valence-corrected chi connectivity index (χ1v) is 8.02. The zero-order valence-corrected chi connectivity index (χ0v) is 14.7. The molecule has 1 aromatic carbocycles. The molecule has 1 aliphatic rings. The third-order valence-electron chi connectivity index (χ3n) is 3.74. The second kappa shape index (κ2) is 7.13. The molecule has 1 fully saturated rings. The standard InChI is InChI=1S/C17H20F4N2O3/c1-16(2,3)26-15(25)23-8-6-22(7-9-23)14(24)12-5-4-11(18)10-13(12)17(19,20)21/h4-5,10H,6-9H2,1-3H3. The maximum absolute atomic E-state index is 13.2. The molecule has 144 valence electrons. The van der Waals surface area contributed by atoms with Gasteiger partial charge in [-0.3, -0.25) is 4.79 Å². The van der Waals surface area contributed by atoms with E-state index < -0.39 is 40.7 Å². The highest BCUT2D eigenvalue weighted by molar-refractivity contribution is 5.96. The van der Waals surface area contributed by atoms with Crippen LogP contribution in [0.5, 0.6) is 0 Å². The average molecular weight is 376 g/mol. The molecular formula is C17H20F4N2O3. The van der Waals surface area contributed by atoms with Crippen molar-refractivity contribution >= 4 is 12.0 Å². The lowest BCUT2D eigenvalue weighted by atomic mass is 10.0. The number of alkyl halides is 3. The maximum Gasteiger partial charge on any atom is 0.417 e. The van der Waals surface area contributed by atoms with Crippen LogP contribution in [0.1, 0.15) is 36.7 Å². The SMILES string of the molecule is CC(C)(C)OC(=O)N1CCN(C(=O)c2ccc(F)cc2C(F)(F)F)CC1. The van der Waals surface area contributed by atoms with Gasteiger partial charge in [-0.1, -0.05) is 0 Å². The molecule has 1 heterocycles. The van der Waals surface area contributed by atoms with Crippen LogP contribution in [0, 0.1) is 5.82 Å². The van der Waals surface area contributed by atoms with Gasteiger partial charge in [-0.05, 0) is 39.0 Å². The summed E-state index contributed by atoms with van der Waals surface area (Å²) in [5.41, 5.74) is -2.58. The van der Waals surface area contributed by atoms with Crippen molar-refractivity contribution in [3.8, 4) is 0 Å². The first kappa shape index (κ1) is 20.0. The fraction of sp³-hybridized carbons (Fsp3) is 0.529. The monoisotopic (exact) mass is 376 g/mol. The van der Waals surface area contributed by atoms with E-state index in [-0.39, 0.29) is 26.2 Å². The second-order valence-corrected chi connectivity index (χ2v) is 6.95. The summed E-state index contributed by atoms with van der Waals surface area (Å²) >= 11 is 0. The van der Waals surface area contributed by atoms with Crippen LogP contribution in [0.2, 0.25) is 0 Å². The number of amides is 2. The molecule has 0 atom stereocenters. The Labute approximate surface area is 148 Å². The fourth-order valence-corrected chi connectivity index (χ4v) is 2.53. The highest BCUT2D eigenvalue weighted by Crippen LogP contribution is 2.33. The third kappa shape index (κ3) is 4.86. The Morgan fingerprint density at radius 1 is 1.00 bits per heavy atom. The highest BCUT2D eigenvalue weighted by Gasteiger charge is 2.37. The normalized spacial score (nSPS) is 15.8. The average Bonchev–Trinajstić information content (AvgIpc) is 2.52. The van der Waals surface area contributed by atoms with Gasteiger partial charge in [-0.25, -0.2) is 9.18 Å². The van der Waals surface area contributed by atoms with Crippen molar-refractivity contribution < 1.29 is 31.9 Å². The van der Waals surface area contributed by atoms with Gasteiger partial charge >= 0.3 is 12.3 Å². The number of halogens is 4. The van der Waals surface area contributed by atoms with Crippen LogP contribution < -0.4 is 0 Å². The summed E-state index contributed by atoms with van der Waals surface area (Å²) in [6, 6.07) is 1.96. The van der Waals surface area contributed by atoms with Gasteiger partial charge < -0.3 is 14.5 Å². The van der Waals surface area contributed by atoms with Crippen molar-refractivity contribution in [3.05, 3.63) is 35.1 Å². The van der Waals surface area contributed by atoms with Crippen molar-refractivity contribution in [2.45, 2.75) is 32.5 Å². The van der Waals surface area contributed by atoms with Gasteiger partial charge in [-0.2, -0.15) is 13.2 Å². The molecule has 0 aromatic heterocycles. The number of carbonyl (C=O) groups is 2. The van der Waals surface area contributed by atoms with E-state index in [1.807, 2.05) is 0 Å². The Morgan fingerprint density at radius 2 is 1.54 bits per heavy atom. The van der Waals surface area contributed by atoms with Crippen LogP contribution in [0.25, 0.3) is 0 Å². The number of piperazine rings is 1. The molecule has 0 radical (unpaired) electrons. The summed E-state index contributed by atoms with van der Waals surface area (Å²) in [6.45, 7) is 5.57. The third-order valence-corrected chi connectivity index (χ3v) is 3.74. The maximum atomic E-state index is 13.2. The molecule has 0 saturated carbocycles. The second-order valence-electron chi connectivity index (χ2n) is 6.95. The molecule has 5 nitrogen and oxygen atoms in total. The number of benzene rings is 1. The summed E-state index contributed by atoms with van der Waals surface area (Å²) in [4.78, 5) is 27.1. The molecule has 1 aromatic rings. The smallest absolute Gasteiger partial charge is 0.417 e. The minimum absolute atomic E-state index is 0.0623. The van der Waals surface area contributed by atoms with Crippen molar-refractivity contribution in [3.63, 3.8) is 0 Å². The first-order valence-electron chi connectivity index (χ1n) is 8.02. The molecule has 0 N–H and O–H groups in total. The lowest BCUT2D eigenvalue weighted by Crippen LogP contribution is -2.51. The number of hydrogen-bond donors (Lipinski definition) is 0. The highest BCUT2D eigenvalue weighted by atomic mass is 19.4. The Balaban J connectivity index is 2.09. The minimum atomic E-state index is -4.84. The summed E-state index contributed by atoms with van der Waals surface area (Å²) in [5.74, 6) is -1.91. The first-order chi connectivity index (χ1) is 11.9. The number of rotatable bonds is 1. The van der Waals surface area contributed by atoms with Gasteiger partial charge in [0.15, 0.2) is 0 Å². The summed E-state index contributed by atoms with van der Waals surface area (Å²) in [7, 11) is 0. The van der Waals surface area contributed by atoms with Crippen molar-refractivity contribution in [2.75, 3.05) is 26.2 Å². The fourth-order valence-electron chi connectivity index (χ4n) is 2.53. The molecule has 2 amide bonds. The predicted octanol–water partition coefficient (Wildman–Crippen LogP) is 3.54. The number of hydrogen-bond acceptors (Lipinski definition) is 3. The van der Waals surface area contributed by atoms with Crippen molar-refractivity contribution in [1.29, 1.82) is 0 Å². The van der Waals surface area contributed by atoms with Crippen LogP contribution in [0.15, 0.2) is 18.2 Å². The zero-order valence-electron chi connectivity index (χ0n) is 14.7. The van der Waals surface area contributed by atoms with Gasteiger partial charge in [0.1, 0.15) is 11.4 Å². The quantitative estimate of drug-likeness (QED) is 0.705.